The van der Waals surface area contributed by atoms with Crippen molar-refractivity contribution >= 4 is 38.9 Å². The number of rotatable bonds is 5. The van der Waals surface area contributed by atoms with Crippen LogP contribution in [0.5, 0.6) is 0 Å². The van der Waals surface area contributed by atoms with Crippen molar-refractivity contribution in [2.75, 3.05) is 16.4 Å². The number of hydrogen-bond donors (Lipinski definition) is 3. The molecule has 2 aromatic rings. The van der Waals surface area contributed by atoms with Crippen LogP contribution in [0.25, 0.3) is 0 Å². The molecule has 5 nitrogen and oxygen atoms in total. The first-order valence-electron chi connectivity index (χ1n) is 6.49. The van der Waals surface area contributed by atoms with Gasteiger partial charge in [-0.2, -0.15) is 0 Å². The van der Waals surface area contributed by atoms with Crippen molar-refractivity contribution in [2.24, 2.45) is 0 Å². The van der Waals surface area contributed by atoms with E-state index in [1.165, 1.54) is 6.33 Å². The zero-order valence-corrected chi connectivity index (χ0v) is 13.1. The maximum Gasteiger partial charge on any atom is 0.159 e. The highest BCUT2D eigenvalue weighted by atomic mass is 79.9. The highest BCUT2D eigenvalue weighted by Gasteiger charge is 2.10. The first kappa shape index (κ1) is 14.6. The molecular formula is C14H18BrN5. The van der Waals surface area contributed by atoms with Gasteiger partial charge in [-0.1, -0.05) is 28.9 Å². The van der Waals surface area contributed by atoms with Crippen LogP contribution in [-0.4, -0.2) is 16.0 Å². The zero-order chi connectivity index (χ0) is 14.5. The van der Waals surface area contributed by atoms with Crippen molar-refractivity contribution in [3.05, 3.63) is 35.1 Å². The van der Waals surface area contributed by atoms with Crippen LogP contribution in [0.4, 0.5) is 23.0 Å². The molecule has 4 N–H and O–H groups in total. The van der Waals surface area contributed by atoms with Crippen LogP contribution >= 0.6 is 15.9 Å². The lowest BCUT2D eigenvalue weighted by Crippen LogP contribution is -2.16. The molecule has 20 heavy (non-hydrogen) atoms. The maximum absolute atomic E-state index is 6.11. The molecule has 0 aliphatic heterocycles. The van der Waals surface area contributed by atoms with E-state index >= 15 is 0 Å². The smallest absolute Gasteiger partial charge is 0.159 e. The average molecular weight is 336 g/mol. The summed E-state index contributed by atoms with van der Waals surface area (Å²) in [6.45, 7) is 4.19. The third-order valence-corrected chi connectivity index (χ3v) is 3.46. The molecule has 106 valence electrons. The molecule has 6 heteroatoms. The van der Waals surface area contributed by atoms with E-state index in [9.17, 15) is 0 Å². The van der Waals surface area contributed by atoms with Gasteiger partial charge in [-0.05, 0) is 31.5 Å². The van der Waals surface area contributed by atoms with Gasteiger partial charge in [0.05, 0.1) is 0 Å². The molecule has 1 unspecified atom stereocenters. The average Bonchev–Trinajstić information content (AvgIpc) is 2.43. The molecule has 0 aliphatic carbocycles. The summed E-state index contributed by atoms with van der Waals surface area (Å²) in [5.74, 6) is 1.26. The maximum atomic E-state index is 6.11. The van der Waals surface area contributed by atoms with Crippen LogP contribution < -0.4 is 16.4 Å². The minimum atomic E-state index is 0.311. The molecular weight excluding hydrogens is 318 g/mol. The van der Waals surface area contributed by atoms with Crippen molar-refractivity contribution in [1.29, 1.82) is 0 Å². The van der Waals surface area contributed by atoms with Crippen LogP contribution in [0.1, 0.15) is 20.3 Å². The summed E-state index contributed by atoms with van der Waals surface area (Å²) in [6.07, 6.45) is 2.50. The largest absolute Gasteiger partial charge is 0.393 e. The van der Waals surface area contributed by atoms with Gasteiger partial charge in [0.25, 0.3) is 0 Å². The number of nitrogen functional groups attached to an aromatic ring is 1. The molecule has 0 bridgehead atoms. The second-order valence-electron chi connectivity index (χ2n) is 4.57. The summed E-state index contributed by atoms with van der Waals surface area (Å²) < 4.78 is 0.994. The van der Waals surface area contributed by atoms with E-state index in [1.54, 1.807) is 0 Å². The minimum absolute atomic E-state index is 0.311. The molecule has 0 aliphatic rings. The van der Waals surface area contributed by atoms with Gasteiger partial charge in [-0.3, -0.25) is 0 Å². The predicted octanol–water partition coefficient (Wildman–Crippen LogP) is 3.78. The molecule has 2 rings (SSSR count). The molecule has 0 spiro atoms. The minimum Gasteiger partial charge on any atom is -0.393 e. The van der Waals surface area contributed by atoms with Crippen LogP contribution in [0.3, 0.4) is 0 Å². The summed E-state index contributed by atoms with van der Waals surface area (Å²) >= 11 is 3.43. The quantitative estimate of drug-likeness (QED) is 0.775. The van der Waals surface area contributed by atoms with Crippen LogP contribution in [0.2, 0.25) is 0 Å². The number of nitrogens with zero attached hydrogens (tertiary/aromatic N) is 2. The van der Waals surface area contributed by atoms with Crippen molar-refractivity contribution in [3.63, 3.8) is 0 Å². The molecule has 1 atom stereocenters. The van der Waals surface area contributed by atoms with Gasteiger partial charge in [-0.15, -0.1) is 0 Å². The Hall–Kier alpha value is -1.82. The Bertz CT molecular complexity index is 588. The molecule has 0 radical (unpaired) electrons. The first-order valence-corrected chi connectivity index (χ1v) is 7.29. The Balaban J connectivity index is 2.22. The number of halogens is 1. The number of aromatic nitrogens is 2. The fourth-order valence-corrected chi connectivity index (χ4v) is 2.05. The molecule has 0 amide bonds. The summed E-state index contributed by atoms with van der Waals surface area (Å²) in [7, 11) is 0. The lowest BCUT2D eigenvalue weighted by Gasteiger charge is -2.16. The van der Waals surface area contributed by atoms with Gasteiger partial charge < -0.3 is 16.4 Å². The monoisotopic (exact) mass is 335 g/mol. The van der Waals surface area contributed by atoms with Crippen LogP contribution in [0.15, 0.2) is 35.1 Å². The normalized spacial score (nSPS) is 11.9. The van der Waals surface area contributed by atoms with E-state index in [2.05, 4.69) is 50.4 Å². The third-order valence-electron chi connectivity index (χ3n) is 2.97. The number of benzene rings is 1. The van der Waals surface area contributed by atoms with Crippen LogP contribution in [-0.2, 0) is 0 Å². The molecule has 1 aromatic heterocycles. The van der Waals surface area contributed by atoms with Crippen molar-refractivity contribution in [2.45, 2.75) is 26.3 Å². The van der Waals surface area contributed by atoms with Gasteiger partial charge >= 0.3 is 0 Å². The summed E-state index contributed by atoms with van der Waals surface area (Å²) in [4.78, 5) is 8.38. The van der Waals surface area contributed by atoms with Crippen molar-refractivity contribution < 1.29 is 0 Å². The Kier molecular flexibility index (Phi) is 4.79. The molecule has 1 aromatic carbocycles. The highest BCUT2D eigenvalue weighted by Crippen LogP contribution is 2.27. The Morgan fingerprint density at radius 1 is 1.30 bits per heavy atom. The Morgan fingerprint density at radius 2 is 2.05 bits per heavy atom. The number of nitrogens with one attached hydrogen (secondary N) is 2. The lowest BCUT2D eigenvalue weighted by atomic mass is 10.2. The van der Waals surface area contributed by atoms with Crippen molar-refractivity contribution in [3.8, 4) is 0 Å². The van der Waals surface area contributed by atoms with E-state index in [-0.39, 0.29) is 0 Å². The fourth-order valence-electron chi connectivity index (χ4n) is 1.65. The van der Waals surface area contributed by atoms with Gasteiger partial charge in [-0.25, -0.2) is 9.97 Å². The molecule has 0 saturated heterocycles. The van der Waals surface area contributed by atoms with E-state index in [0.717, 1.165) is 16.6 Å². The second kappa shape index (κ2) is 6.56. The Morgan fingerprint density at radius 3 is 2.75 bits per heavy atom. The number of hydrogen-bond acceptors (Lipinski definition) is 5. The first-order chi connectivity index (χ1) is 9.60. The highest BCUT2D eigenvalue weighted by molar-refractivity contribution is 9.10. The van der Waals surface area contributed by atoms with Gasteiger partial charge in [0, 0.05) is 16.2 Å². The molecule has 1 heterocycles. The summed E-state index contributed by atoms with van der Waals surface area (Å²) in [5, 5.41) is 6.47. The van der Waals surface area contributed by atoms with Crippen LogP contribution in [0, 0.1) is 0 Å². The van der Waals surface area contributed by atoms with E-state index in [4.69, 9.17) is 5.73 Å². The SMILES string of the molecule is CCC(C)Nc1ncnc(Nc2cccc(Br)c2)c1N. The summed E-state index contributed by atoms with van der Waals surface area (Å²) in [5.41, 5.74) is 7.55. The standard InChI is InChI=1S/C14H18BrN5/c1-3-9(2)19-13-12(16)14(18-8-17-13)20-11-6-4-5-10(15)7-11/h4-9H,3,16H2,1-2H3,(H2,17,18,19,20). The summed E-state index contributed by atoms with van der Waals surface area (Å²) in [6, 6.07) is 8.13. The zero-order valence-electron chi connectivity index (χ0n) is 11.5. The third kappa shape index (κ3) is 3.60. The van der Waals surface area contributed by atoms with Gasteiger partial charge in [0.2, 0.25) is 0 Å². The van der Waals surface area contributed by atoms with Gasteiger partial charge in [0.15, 0.2) is 11.6 Å². The second-order valence-corrected chi connectivity index (χ2v) is 5.49. The van der Waals surface area contributed by atoms with Gasteiger partial charge in [0.1, 0.15) is 12.0 Å². The van der Waals surface area contributed by atoms with E-state index in [0.29, 0.717) is 23.4 Å². The lowest BCUT2D eigenvalue weighted by molar-refractivity contribution is 0.759. The number of anilines is 4. The van der Waals surface area contributed by atoms with E-state index < -0.39 is 0 Å². The van der Waals surface area contributed by atoms with E-state index in [1.807, 2.05) is 24.3 Å². The van der Waals surface area contributed by atoms with Crippen molar-refractivity contribution in [1.82, 2.24) is 9.97 Å². The molecule has 0 saturated carbocycles. The Labute approximate surface area is 127 Å². The molecule has 0 fully saturated rings. The fraction of sp³-hybridized carbons (Fsp3) is 0.286. The number of nitrogens with two attached hydrogens (primary N) is 1. The predicted molar refractivity (Wildman–Crippen MR) is 87.2 cm³/mol. The topological polar surface area (TPSA) is 75.9 Å².